The molecule has 47 heavy (non-hydrogen) atoms. The lowest BCUT2D eigenvalue weighted by atomic mass is 10.0. The van der Waals surface area contributed by atoms with Gasteiger partial charge in [-0.25, -0.2) is 4.79 Å². The van der Waals surface area contributed by atoms with Crippen LogP contribution in [0.25, 0.3) is 11.1 Å². The Morgan fingerprint density at radius 3 is 2.15 bits per heavy atom. The molecule has 4 rings (SSSR count). The molecule has 0 atom stereocenters. The minimum Gasteiger partial charge on any atom is -0.489 e. The Bertz CT molecular complexity index is 1660. The number of carboxylic acid groups (broad SMARTS) is 2. The molecule has 0 aromatic heterocycles. The first-order valence-corrected chi connectivity index (χ1v) is 15.4. The van der Waals surface area contributed by atoms with Gasteiger partial charge in [-0.1, -0.05) is 65.7 Å². The highest BCUT2D eigenvalue weighted by Gasteiger charge is 2.31. The Labute approximate surface area is 280 Å². The molecule has 0 aliphatic rings. The minimum atomic E-state index is -4.87. The van der Waals surface area contributed by atoms with Gasteiger partial charge in [0.25, 0.3) is 0 Å². The average molecular weight is 691 g/mol. The van der Waals surface area contributed by atoms with Crippen LogP contribution in [0.3, 0.4) is 0 Å². The van der Waals surface area contributed by atoms with Gasteiger partial charge in [0.15, 0.2) is 0 Å². The molecule has 7 nitrogen and oxygen atoms in total. The fourth-order valence-electron chi connectivity index (χ4n) is 4.93. The lowest BCUT2D eigenvalue weighted by molar-refractivity contribution is -0.274. The second-order valence-corrected chi connectivity index (χ2v) is 11.6. The molecule has 0 bridgehead atoms. The van der Waals surface area contributed by atoms with Crippen molar-refractivity contribution in [1.82, 2.24) is 4.90 Å². The van der Waals surface area contributed by atoms with Crippen LogP contribution < -0.4 is 9.47 Å². The maximum atomic E-state index is 13.1. The Kier molecular flexibility index (Phi) is 12.5. The van der Waals surface area contributed by atoms with Gasteiger partial charge in [0.05, 0.1) is 5.56 Å². The zero-order chi connectivity index (χ0) is 34.0. The van der Waals surface area contributed by atoms with Crippen LogP contribution in [-0.2, 0) is 24.4 Å². The van der Waals surface area contributed by atoms with Gasteiger partial charge in [-0.3, -0.25) is 9.69 Å². The molecule has 0 saturated heterocycles. The summed E-state index contributed by atoms with van der Waals surface area (Å²) in [6.45, 7) is 1.49. The van der Waals surface area contributed by atoms with Crippen molar-refractivity contribution in [2.24, 2.45) is 0 Å². The highest BCUT2D eigenvalue weighted by molar-refractivity contribution is 6.36. The van der Waals surface area contributed by atoms with E-state index in [0.29, 0.717) is 60.3 Å². The van der Waals surface area contributed by atoms with E-state index in [-0.39, 0.29) is 24.3 Å². The van der Waals surface area contributed by atoms with E-state index in [1.807, 2.05) is 35.2 Å². The molecular weight excluding hydrogens is 658 g/mol. The van der Waals surface area contributed by atoms with Crippen LogP contribution in [-0.4, -0.2) is 46.5 Å². The Morgan fingerprint density at radius 1 is 0.809 bits per heavy atom. The number of hydrogen-bond acceptors (Lipinski definition) is 5. The predicted octanol–water partition coefficient (Wildman–Crippen LogP) is 9.14. The molecule has 2 N–H and O–H groups in total. The van der Waals surface area contributed by atoms with Gasteiger partial charge < -0.3 is 19.7 Å². The molecule has 4 aromatic carbocycles. The monoisotopic (exact) mass is 689 g/mol. The standard InChI is InChI=1S/C35H32Cl2F3NO6/c36-28-12-14-30(31(37)20-28)25-8-6-24(7-9-25)22-46-32-15-13-29(47-35(38,39)40)19-27(32)16-18-41(17-2-1-3-33(42)43)21-23-4-10-26(11-5-23)34(44)45/h4-15,19-20H,1-3,16-18,21-22H2,(H,42,43)(H,44,45). The van der Waals surface area contributed by atoms with E-state index < -0.39 is 18.3 Å². The predicted molar refractivity (Wildman–Crippen MR) is 173 cm³/mol. The number of rotatable bonds is 16. The number of unbranched alkanes of at least 4 members (excludes halogenated alkanes) is 1. The molecule has 0 amide bonds. The quantitative estimate of drug-likeness (QED) is 0.113. The molecular formula is C35H32Cl2F3NO6. The summed E-state index contributed by atoms with van der Waals surface area (Å²) in [5.41, 5.74) is 4.00. The third-order valence-corrected chi connectivity index (χ3v) is 7.82. The third-order valence-electron chi connectivity index (χ3n) is 7.28. The number of carbonyl (C=O) groups is 2. The molecule has 0 saturated carbocycles. The van der Waals surface area contributed by atoms with Gasteiger partial charge in [-0.05, 0) is 90.5 Å². The topological polar surface area (TPSA) is 96.3 Å². The van der Waals surface area contributed by atoms with E-state index in [4.69, 9.17) is 33.0 Å². The van der Waals surface area contributed by atoms with Crippen molar-refractivity contribution in [2.75, 3.05) is 13.1 Å². The second kappa shape index (κ2) is 16.5. The van der Waals surface area contributed by atoms with Crippen molar-refractivity contribution in [2.45, 2.75) is 45.2 Å². The van der Waals surface area contributed by atoms with E-state index in [2.05, 4.69) is 4.74 Å². The van der Waals surface area contributed by atoms with Gasteiger partial charge in [0, 0.05) is 35.1 Å². The molecule has 0 spiro atoms. The van der Waals surface area contributed by atoms with Gasteiger partial charge >= 0.3 is 18.3 Å². The summed E-state index contributed by atoms with van der Waals surface area (Å²) in [7, 11) is 0. The molecule has 0 fully saturated rings. The molecule has 0 unspecified atom stereocenters. The Balaban J connectivity index is 1.50. The van der Waals surface area contributed by atoms with Crippen molar-refractivity contribution < 1.29 is 42.4 Å². The number of halogens is 5. The summed E-state index contributed by atoms with van der Waals surface area (Å²) in [5, 5.41) is 19.3. The van der Waals surface area contributed by atoms with E-state index in [0.717, 1.165) is 22.3 Å². The fraction of sp³-hybridized carbons (Fsp3) is 0.257. The number of carboxylic acids is 2. The van der Waals surface area contributed by atoms with Crippen LogP contribution in [0.5, 0.6) is 11.5 Å². The molecule has 0 heterocycles. The van der Waals surface area contributed by atoms with Gasteiger partial charge in [0.1, 0.15) is 18.1 Å². The molecule has 248 valence electrons. The number of benzene rings is 4. The molecule has 0 aliphatic carbocycles. The van der Waals surface area contributed by atoms with Crippen LogP contribution in [0.4, 0.5) is 13.2 Å². The third kappa shape index (κ3) is 11.5. The van der Waals surface area contributed by atoms with Crippen molar-refractivity contribution >= 4 is 35.1 Å². The zero-order valence-corrected chi connectivity index (χ0v) is 26.6. The number of aromatic carboxylic acids is 1. The lowest BCUT2D eigenvalue weighted by Gasteiger charge is -2.23. The second-order valence-electron chi connectivity index (χ2n) is 10.8. The summed E-state index contributed by atoms with van der Waals surface area (Å²) >= 11 is 12.3. The van der Waals surface area contributed by atoms with Crippen molar-refractivity contribution in [1.29, 1.82) is 0 Å². The summed E-state index contributed by atoms with van der Waals surface area (Å²) in [6, 6.07) is 23.1. The fourth-order valence-corrected chi connectivity index (χ4v) is 5.44. The van der Waals surface area contributed by atoms with Crippen molar-refractivity contribution in [3.8, 4) is 22.6 Å². The van der Waals surface area contributed by atoms with Crippen LogP contribution >= 0.6 is 23.2 Å². The van der Waals surface area contributed by atoms with Crippen LogP contribution in [0.2, 0.25) is 10.0 Å². The average Bonchev–Trinajstić information content (AvgIpc) is 3.01. The normalized spacial score (nSPS) is 11.4. The maximum Gasteiger partial charge on any atom is 0.573 e. The maximum absolute atomic E-state index is 13.1. The number of aliphatic carboxylic acids is 1. The number of alkyl halides is 3. The number of ether oxygens (including phenoxy) is 2. The largest absolute Gasteiger partial charge is 0.573 e. The van der Waals surface area contributed by atoms with E-state index in [1.165, 1.54) is 30.3 Å². The van der Waals surface area contributed by atoms with Crippen LogP contribution in [0.1, 0.15) is 46.3 Å². The first-order valence-electron chi connectivity index (χ1n) is 14.7. The first kappa shape index (κ1) is 35.6. The summed E-state index contributed by atoms with van der Waals surface area (Å²) in [5.74, 6) is -1.92. The highest BCUT2D eigenvalue weighted by Crippen LogP contribution is 2.32. The van der Waals surface area contributed by atoms with Gasteiger partial charge in [-0.2, -0.15) is 0 Å². The summed E-state index contributed by atoms with van der Waals surface area (Å²) in [4.78, 5) is 24.3. The van der Waals surface area contributed by atoms with E-state index >= 15 is 0 Å². The van der Waals surface area contributed by atoms with Gasteiger partial charge in [0.2, 0.25) is 0 Å². The van der Waals surface area contributed by atoms with Crippen molar-refractivity contribution in [3.63, 3.8) is 0 Å². The minimum absolute atomic E-state index is 0.0175. The Hall–Kier alpha value is -4.25. The SMILES string of the molecule is O=C(O)CCCCN(CCc1cc(OC(F)(F)F)ccc1OCc1ccc(-c2ccc(Cl)cc2Cl)cc1)Cc1ccc(C(=O)O)cc1. The lowest BCUT2D eigenvalue weighted by Crippen LogP contribution is -2.27. The molecule has 0 radical (unpaired) electrons. The summed E-state index contributed by atoms with van der Waals surface area (Å²) < 4.78 is 49.4. The van der Waals surface area contributed by atoms with Crippen LogP contribution in [0, 0.1) is 0 Å². The first-order chi connectivity index (χ1) is 22.4. The molecule has 12 heteroatoms. The van der Waals surface area contributed by atoms with Crippen molar-refractivity contribution in [3.05, 3.63) is 117 Å². The zero-order valence-electron chi connectivity index (χ0n) is 25.1. The number of hydrogen-bond donors (Lipinski definition) is 2. The molecule has 4 aromatic rings. The smallest absolute Gasteiger partial charge is 0.489 e. The van der Waals surface area contributed by atoms with E-state index in [1.54, 1.807) is 24.3 Å². The number of nitrogens with zero attached hydrogens (tertiary/aromatic N) is 1. The van der Waals surface area contributed by atoms with Crippen LogP contribution in [0.15, 0.2) is 84.9 Å². The summed E-state index contributed by atoms with van der Waals surface area (Å²) in [6.07, 6.45) is -3.52. The van der Waals surface area contributed by atoms with Gasteiger partial charge in [-0.15, -0.1) is 13.2 Å². The highest BCUT2D eigenvalue weighted by atomic mass is 35.5. The molecule has 0 aliphatic heterocycles. The Morgan fingerprint density at radius 2 is 1.51 bits per heavy atom. The van der Waals surface area contributed by atoms with E-state index in [9.17, 15) is 27.9 Å².